The van der Waals surface area contributed by atoms with Crippen LogP contribution in [0.15, 0.2) is 77.4 Å². The Morgan fingerprint density at radius 2 is 1.78 bits per heavy atom. The summed E-state index contributed by atoms with van der Waals surface area (Å²) in [4.78, 5) is 21.7. The maximum Gasteiger partial charge on any atom is 0.252 e. The number of halogens is 1. The number of aromatic nitrogens is 3. The van der Waals surface area contributed by atoms with Crippen LogP contribution in [-0.2, 0) is 13.1 Å². The van der Waals surface area contributed by atoms with Crippen molar-refractivity contribution < 1.29 is 4.79 Å². The van der Waals surface area contributed by atoms with Gasteiger partial charge < -0.3 is 9.88 Å². The minimum Gasteiger partial charge on any atom is -0.345 e. The zero-order valence-electron chi connectivity index (χ0n) is 14.5. The van der Waals surface area contributed by atoms with Gasteiger partial charge in [-0.15, -0.1) is 0 Å². The van der Waals surface area contributed by atoms with Crippen LogP contribution in [0.2, 0.25) is 0 Å². The van der Waals surface area contributed by atoms with E-state index in [4.69, 9.17) is 0 Å². The molecule has 4 rings (SSSR count). The van der Waals surface area contributed by atoms with Crippen molar-refractivity contribution in [3.8, 4) is 0 Å². The summed E-state index contributed by atoms with van der Waals surface area (Å²) in [5.41, 5.74) is 3.38. The number of carbonyl (C=O) groups is 1. The van der Waals surface area contributed by atoms with Gasteiger partial charge >= 0.3 is 0 Å². The summed E-state index contributed by atoms with van der Waals surface area (Å²) in [6, 6.07) is 21.3. The maximum absolute atomic E-state index is 12.5. The van der Waals surface area contributed by atoms with Gasteiger partial charge in [0, 0.05) is 10.7 Å². The fraction of sp³-hybridized carbons (Fsp3) is 0.0952. The fourth-order valence-electron chi connectivity index (χ4n) is 2.97. The summed E-state index contributed by atoms with van der Waals surface area (Å²) in [5, 5.41) is 2.96. The van der Waals surface area contributed by atoms with E-state index in [0.29, 0.717) is 18.7 Å². The summed E-state index contributed by atoms with van der Waals surface area (Å²) in [6.07, 6.45) is 1.76. The topological polar surface area (TPSA) is 59.8 Å². The number of amides is 1. The molecular weight excluding hydrogens is 404 g/mol. The molecule has 2 aromatic carbocycles. The Kier molecular flexibility index (Phi) is 4.98. The number of rotatable bonds is 5. The second-order valence-corrected chi connectivity index (χ2v) is 6.96. The smallest absolute Gasteiger partial charge is 0.252 e. The lowest BCUT2D eigenvalue weighted by molar-refractivity contribution is 0.0949. The number of benzene rings is 2. The van der Waals surface area contributed by atoms with Crippen molar-refractivity contribution >= 4 is 33.0 Å². The van der Waals surface area contributed by atoms with Gasteiger partial charge in [-0.05, 0) is 45.8 Å². The molecule has 4 aromatic rings. The lowest BCUT2D eigenvalue weighted by atomic mass is 10.2. The average Bonchev–Trinajstić information content (AvgIpc) is 3.05. The van der Waals surface area contributed by atoms with E-state index < -0.39 is 0 Å². The zero-order valence-corrected chi connectivity index (χ0v) is 16.1. The van der Waals surface area contributed by atoms with Crippen LogP contribution in [0, 0.1) is 0 Å². The van der Waals surface area contributed by atoms with Crippen LogP contribution in [-0.4, -0.2) is 20.4 Å². The first kappa shape index (κ1) is 17.4. The van der Waals surface area contributed by atoms with Gasteiger partial charge in [0.15, 0.2) is 5.65 Å². The molecule has 27 heavy (non-hydrogen) atoms. The van der Waals surface area contributed by atoms with E-state index in [2.05, 4.69) is 43.3 Å². The van der Waals surface area contributed by atoms with Gasteiger partial charge in [-0.1, -0.05) is 42.5 Å². The van der Waals surface area contributed by atoms with Crippen LogP contribution in [0.4, 0.5) is 0 Å². The van der Waals surface area contributed by atoms with Crippen molar-refractivity contribution in [2.24, 2.45) is 0 Å². The van der Waals surface area contributed by atoms with Crippen LogP contribution in [0.5, 0.6) is 0 Å². The van der Waals surface area contributed by atoms with E-state index in [1.165, 1.54) is 0 Å². The van der Waals surface area contributed by atoms with Crippen molar-refractivity contribution in [1.82, 2.24) is 19.9 Å². The van der Waals surface area contributed by atoms with Crippen LogP contribution < -0.4 is 5.32 Å². The van der Waals surface area contributed by atoms with Crippen molar-refractivity contribution in [3.63, 3.8) is 0 Å². The number of hydrogen-bond acceptors (Lipinski definition) is 3. The fourth-order valence-corrected chi connectivity index (χ4v) is 3.44. The molecule has 134 valence electrons. The molecule has 2 aromatic heterocycles. The largest absolute Gasteiger partial charge is 0.345 e. The molecule has 0 atom stereocenters. The molecule has 2 heterocycles. The number of imidazole rings is 1. The number of hydrogen-bond donors (Lipinski definition) is 1. The molecule has 0 spiro atoms. The molecule has 0 saturated heterocycles. The average molecular weight is 421 g/mol. The van der Waals surface area contributed by atoms with Crippen LogP contribution >= 0.6 is 15.9 Å². The lowest BCUT2D eigenvalue weighted by Crippen LogP contribution is -2.25. The summed E-state index contributed by atoms with van der Waals surface area (Å²) in [6.45, 7) is 0.970. The van der Waals surface area contributed by atoms with E-state index >= 15 is 0 Å². The molecule has 1 amide bonds. The Labute approximate surface area is 165 Å². The van der Waals surface area contributed by atoms with Crippen molar-refractivity contribution in [3.05, 3.63) is 94.4 Å². The van der Waals surface area contributed by atoms with Gasteiger partial charge in [0.2, 0.25) is 0 Å². The first-order valence-corrected chi connectivity index (χ1v) is 9.38. The van der Waals surface area contributed by atoms with Crippen LogP contribution in [0.3, 0.4) is 0 Å². The summed E-state index contributed by atoms with van der Waals surface area (Å²) < 4.78 is 2.81. The third-order valence-electron chi connectivity index (χ3n) is 4.29. The molecule has 0 saturated carbocycles. The first-order valence-electron chi connectivity index (χ1n) is 8.59. The lowest BCUT2D eigenvalue weighted by Gasteiger charge is -2.10. The number of nitrogens with one attached hydrogen (secondary N) is 1. The summed E-state index contributed by atoms with van der Waals surface area (Å²) in [5.74, 6) is 0.627. The highest BCUT2D eigenvalue weighted by molar-refractivity contribution is 9.10. The molecule has 0 aliphatic rings. The third-order valence-corrected chi connectivity index (χ3v) is 4.98. The van der Waals surface area contributed by atoms with Crippen LogP contribution in [0.1, 0.15) is 21.7 Å². The van der Waals surface area contributed by atoms with E-state index in [0.717, 1.165) is 27.0 Å². The van der Waals surface area contributed by atoms with Gasteiger partial charge in [0.25, 0.3) is 5.91 Å². The zero-order chi connectivity index (χ0) is 18.6. The Morgan fingerprint density at radius 1 is 1.00 bits per heavy atom. The first-order chi connectivity index (χ1) is 13.2. The van der Waals surface area contributed by atoms with Gasteiger partial charge in [-0.3, -0.25) is 4.79 Å². The summed E-state index contributed by atoms with van der Waals surface area (Å²) >= 11 is 3.42. The van der Waals surface area contributed by atoms with Crippen LogP contribution in [0.25, 0.3) is 11.2 Å². The molecule has 0 radical (unpaired) electrons. The van der Waals surface area contributed by atoms with Gasteiger partial charge in [-0.25, -0.2) is 9.97 Å². The standard InChI is InChI=1S/C21H17BrN4O/c22-17-10-5-4-9-16(17)21(27)24-13-19-25-18-11-6-12-23-20(18)26(19)14-15-7-2-1-3-8-15/h1-12H,13-14H2,(H,24,27). The maximum atomic E-state index is 12.5. The molecule has 5 nitrogen and oxygen atoms in total. The molecule has 0 aliphatic heterocycles. The SMILES string of the molecule is O=C(NCc1nc2cccnc2n1Cc1ccccc1)c1ccccc1Br. The monoisotopic (exact) mass is 420 g/mol. The molecule has 0 fully saturated rings. The number of pyridine rings is 1. The normalized spacial score (nSPS) is 10.9. The number of fused-ring (bicyclic) bond motifs is 1. The second kappa shape index (κ2) is 7.72. The van der Waals surface area contributed by atoms with E-state index in [-0.39, 0.29) is 5.91 Å². The minimum atomic E-state index is -0.145. The summed E-state index contributed by atoms with van der Waals surface area (Å²) in [7, 11) is 0. The van der Waals surface area contributed by atoms with E-state index in [1.807, 2.05) is 53.1 Å². The highest BCUT2D eigenvalue weighted by atomic mass is 79.9. The predicted molar refractivity (Wildman–Crippen MR) is 108 cm³/mol. The molecule has 0 aliphatic carbocycles. The van der Waals surface area contributed by atoms with Crippen molar-refractivity contribution in [2.45, 2.75) is 13.1 Å². The van der Waals surface area contributed by atoms with Gasteiger partial charge in [0.05, 0.1) is 18.7 Å². The number of nitrogens with zero attached hydrogens (tertiary/aromatic N) is 3. The van der Waals surface area contributed by atoms with E-state index in [9.17, 15) is 4.79 Å². The third kappa shape index (κ3) is 3.75. The quantitative estimate of drug-likeness (QED) is 0.526. The highest BCUT2D eigenvalue weighted by Crippen LogP contribution is 2.18. The molecule has 1 N–H and O–H groups in total. The van der Waals surface area contributed by atoms with E-state index in [1.54, 1.807) is 12.3 Å². The Balaban J connectivity index is 1.62. The molecule has 0 unspecified atom stereocenters. The molecule has 0 bridgehead atoms. The highest BCUT2D eigenvalue weighted by Gasteiger charge is 2.14. The van der Waals surface area contributed by atoms with Gasteiger partial charge in [-0.2, -0.15) is 0 Å². The Bertz CT molecular complexity index is 1090. The van der Waals surface area contributed by atoms with Crippen molar-refractivity contribution in [2.75, 3.05) is 0 Å². The minimum absolute atomic E-state index is 0.145. The Morgan fingerprint density at radius 3 is 2.59 bits per heavy atom. The Hall–Kier alpha value is -2.99. The second-order valence-electron chi connectivity index (χ2n) is 6.11. The van der Waals surface area contributed by atoms with Crippen molar-refractivity contribution in [1.29, 1.82) is 0 Å². The molecular formula is C21H17BrN4O. The number of carbonyl (C=O) groups excluding carboxylic acids is 1. The molecule has 6 heteroatoms. The van der Waals surface area contributed by atoms with Gasteiger partial charge in [0.1, 0.15) is 11.3 Å². The predicted octanol–water partition coefficient (Wildman–Crippen LogP) is 4.17.